The Morgan fingerprint density at radius 1 is 0.969 bits per heavy atom. The Morgan fingerprint density at radius 3 is 2.25 bits per heavy atom. The lowest BCUT2D eigenvalue weighted by molar-refractivity contribution is -0.159. The van der Waals surface area contributed by atoms with Gasteiger partial charge >= 0.3 is 0 Å². The molecule has 4 saturated carbocycles. The molecular formula is C25H33N3O4. The Balaban J connectivity index is 1.05. The van der Waals surface area contributed by atoms with Gasteiger partial charge in [0, 0.05) is 37.9 Å². The van der Waals surface area contributed by atoms with E-state index in [9.17, 15) is 9.59 Å². The fraction of sp³-hybridized carbons (Fsp3) is 0.680. The smallest absolute Gasteiger partial charge is 0.241 e. The van der Waals surface area contributed by atoms with Gasteiger partial charge in [-0.1, -0.05) is 0 Å². The number of benzene rings is 1. The highest BCUT2D eigenvalue weighted by molar-refractivity contribution is 5.95. The highest BCUT2D eigenvalue weighted by atomic mass is 16.7. The van der Waals surface area contributed by atoms with E-state index in [0.717, 1.165) is 63.2 Å². The molecule has 2 aliphatic heterocycles. The van der Waals surface area contributed by atoms with E-state index < -0.39 is 0 Å². The van der Waals surface area contributed by atoms with E-state index in [4.69, 9.17) is 9.47 Å². The monoisotopic (exact) mass is 439 g/mol. The SMILES string of the molecule is CC(C(=O)Nc1ccc2c(c1)OCO2)N1CCN(C(=O)C23CC4CC(CC(C4)C2)C3)CC1. The molecule has 32 heavy (non-hydrogen) atoms. The third-order valence-electron chi connectivity index (χ3n) is 8.66. The summed E-state index contributed by atoms with van der Waals surface area (Å²) in [6.45, 7) is 5.10. The molecule has 1 saturated heterocycles. The summed E-state index contributed by atoms with van der Waals surface area (Å²) in [7, 11) is 0. The van der Waals surface area contributed by atoms with Crippen molar-refractivity contribution in [2.45, 2.75) is 51.5 Å². The quantitative estimate of drug-likeness (QED) is 0.781. The average molecular weight is 440 g/mol. The van der Waals surface area contributed by atoms with Crippen LogP contribution < -0.4 is 14.8 Å². The number of piperazine rings is 1. The van der Waals surface area contributed by atoms with Crippen LogP contribution in [-0.2, 0) is 9.59 Å². The normalized spacial score (nSPS) is 33.9. The zero-order chi connectivity index (χ0) is 21.9. The second kappa shape index (κ2) is 7.65. The van der Waals surface area contributed by atoms with Gasteiger partial charge < -0.3 is 19.7 Å². The zero-order valence-electron chi connectivity index (χ0n) is 18.8. The Morgan fingerprint density at radius 2 is 1.59 bits per heavy atom. The van der Waals surface area contributed by atoms with Crippen LogP contribution in [0.3, 0.4) is 0 Å². The van der Waals surface area contributed by atoms with Gasteiger partial charge in [-0.3, -0.25) is 14.5 Å². The number of carbonyl (C=O) groups is 2. The van der Waals surface area contributed by atoms with Crippen molar-refractivity contribution in [3.05, 3.63) is 18.2 Å². The predicted octanol–water partition coefficient (Wildman–Crippen LogP) is 3.10. The first-order chi connectivity index (χ1) is 15.5. The summed E-state index contributed by atoms with van der Waals surface area (Å²) in [5.41, 5.74) is 0.640. The molecule has 4 aliphatic carbocycles. The van der Waals surface area contributed by atoms with Crippen LogP contribution in [0.4, 0.5) is 5.69 Å². The van der Waals surface area contributed by atoms with Gasteiger partial charge in [0.05, 0.1) is 11.5 Å². The fourth-order valence-corrected chi connectivity index (χ4v) is 7.41. The third kappa shape index (κ3) is 3.45. The minimum absolute atomic E-state index is 0.0373. The molecule has 2 heterocycles. The molecule has 0 spiro atoms. The number of rotatable bonds is 4. The molecule has 172 valence electrons. The van der Waals surface area contributed by atoms with Crippen molar-refractivity contribution in [2.24, 2.45) is 23.2 Å². The van der Waals surface area contributed by atoms with Crippen LogP contribution >= 0.6 is 0 Å². The summed E-state index contributed by atoms with van der Waals surface area (Å²) in [5.74, 6) is 4.09. The number of nitrogens with zero attached hydrogens (tertiary/aromatic N) is 2. The van der Waals surface area contributed by atoms with Crippen LogP contribution in [0.5, 0.6) is 11.5 Å². The topological polar surface area (TPSA) is 71.1 Å². The number of anilines is 1. The van der Waals surface area contributed by atoms with Gasteiger partial charge in [0.25, 0.3) is 0 Å². The van der Waals surface area contributed by atoms with E-state index in [1.54, 1.807) is 6.07 Å². The Labute approximate surface area is 189 Å². The van der Waals surface area contributed by atoms with Crippen LogP contribution in [-0.4, -0.2) is 60.6 Å². The van der Waals surface area contributed by atoms with Crippen molar-refractivity contribution in [1.82, 2.24) is 9.80 Å². The number of ether oxygens (including phenoxy) is 2. The maximum atomic E-state index is 13.6. The maximum absolute atomic E-state index is 13.6. The van der Waals surface area contributed by atoms with Gasteiger partial charge in [-0.15, -0.1) is 0 Å². The Kier molecular flexibility index (Phi) is 4.86. The van der Waals surface area contributed by atoms with Gasteiger partial charge in [0.15, 0.2) is 11.5 Å². The Hall–Kier alpha value is -2.28. The predicted molar refractivity (Wildman–Crippen MR) is 119 cm³/mol. The molecule has 5 fully saturated rings. The highest BCUT2D eigenvalue weighted by Gasteiger charge is 2.55. The van der Waals surface area contributed by atoms with Gasteiger partial charge in [-0.05, 0) is 75.3 Å². The minimum Gasteiger partial charge on any atom is -0.454 e. The van der Waals surface area contributed by atoms with E-state index in [1.165, 1.54) is 19.3 Å². The van der Waals surface area contributed by atoms with Crippen molar-refractivity contribution in [3.63, 3.8) is 0 Å². The van der Waals surface area contributed by atoms with E-state index >= 15 is 0 Å². The summed E-state index contributed by atoms with van der Waals surface area (Å²) in [6, 6.07) is 5.20. The minimum atomic E-state index is -0.253. The molecule has 6 aliphatic rings. The van der Waals surface area contributed by atoms with Crippen LogP contribution in [0, 0.1) is 23.2 Å². The van der Waals surface area contributed by atoms with Crippen molar-refractivity contribution >= 4 is 17.5 Å². The molecule has 1 aromatic rings. The van der Waals surface area contributed by atoms with Crippen LogP contribution in [0.25, 0.3) is 0 Å². The van der Waals surface area contributed by atoms with E-state index in [2.05, 4.69) is 15.1 Å². The van der Waals surface area contributed by atoms with Gasteiger partial charge in [-0.2, -0.15) is 0 Å². The molecule has 4 bridgehead atoms. The molecule has 7 rings (SSSR count). The lowest BCUT2D eigenvalue weighted by atomic mass is 9.49. The number of amides is 2. The summed E-state index contributed by atoms with van der Waals surface area (Å²) < 4.78 is 10.7. The fourth-order valence-electron chi connectivity index (χ4n) is 7.41. The lowest BCUT2D eigenvalue weighted by Gasteiger charge is -2.57. The number of hydrogen-bond donors (Lipinski definition) is 1. The summed E-state index contributed by atoms with van der Waals surface area (Å²) >= 11 is 0. The number of fused-ring (bicyclic) bond motifs is 1. The van der Waals surface area contributed by atoms with Gasteiger partial charge in [-0.25, -0.2) is 0 Å². The van der Waals surface area contributed by atoms with Crippen LogP contribution in [0.1, 0.15) is 45.4 Å². The summed E-state index contributed by atoms with van der Waals surface area (Å²) in [6.07, 6.45) is 7.42. The number of carbonyl (C=O) groups excluding carboxylic acids is 2. The van der Waals surface area contributed by atoms with Gasteiger partial charge in [0.2, 0.25) is 18.6 Å². The molecule has 7 heteroatoms. The molecular weight excluding hydrogens is 406 g/mol. The second-order valence-electron chi connectivity index (χ2n) is 10.8. The highest BCUT2D eigenvalue weighted by Crippen LogP contribution is 2.60. The van der Waals surface area contributed by atoms with E-state index in [0.29, 0.717) is 23.1 Å². The lowest BCUT2D eigenvalue weighted by Crippen LogP contribution is -2.59. The summed E-state index contributed by atoms with van der Waals surface area (Å²) in [5, 5.41) is 2.99. The largest absolute Gasteiger partial charge is 0.454 e. The van der Waals surface area contributed by atoms with E-state index in [-0.39, 0.29) is 24.2 Å². The molecule has 1 aromatic carbocycles. The first-order valence-corrected chi connectivity index (χ1v) is 12.2. The maximum Gasteiger partial charge on any atom is 0.241 e. The molecule has 0 radical (unpaired) electrons. The standard InChI is InChI=1S/C25H33N3O4/c1-16(23(29)26-20-2-3-21-22(11-20)32-15-31-21)27-4-6-28(7-5-27)24(30)25-12-17-8-18(13-25)10-19(9-17)14-25/h2-3,11,16-19H,4-10,12-15H2,1H3,(H,26,29). The molecule has 1 atom stereocenters. The van der Waals surface area contributed by atoms with Crippen molar-refractivity contribution in [3.8, 4) is 11.5 Å². The zero-order valence-corrected chi connectivity index (χ0v) is 18.8. The average Bonchev–Trinajstić information content (AvgIpc) is 3.25. The molecule has 2 amide bonds. The molecule has 1 unspecified atom stereocenters. The van der Waals surface area contributed by atoms with Crippen LogP contribution in [0.2, 0.25) is 0 Å². The second-order valence-corrected chi connectivity index (χ2v) is 10.8. The number of hydrogen-bond acceptors (Lipinski definition) is 5. The first-order valence-electron chi connectivity index (χ1n) is 12.2. The van der Waals surface area contributed by atoms with Crippen molar-refractivity contribution in [1.29, 1.82) is 0 Å². The molecule has 0 aromatic heterocycles. The summed E-state index contributed by atoms with van der Waals surface area (Å²) in [4.78, 5) is 30.7. The first kappa shape index (κ1) is 20.3. The van der Waals surface area contributed by atoms with Crippen molar-refractivity contribution in [2.75, 3.05) is 38.3 Å². The van der Waals surface area contributed by atoms with Crippen molar-refractivity contribution < 1.29 is 19.1 Å². The molecule has 7 nitrogen and oxygen atoms in total. The van der Waals surface area contributed by atoms with Crippen LogP contribution in [0.15, 0.2) is 18.2 Å². The van der Waals surface area contributed by atoms with E-state index in [1.807, 2.05) is 19.1 Å². The van der Waals surface area contributed by atoms with Gasteiger partial charge in [0.1, 0.15) is 0 Å². The molecule has 1 N–H and O–H groups in total. The third-order valence-corrected chi connectivity index (χ3v) is 8.66. The Bertz CT molecular complexity index is 888. The number of nitrogens with one attached hydrogen (secondary N) is 1.